The number of nitrogen functional groups attached to an aromatic ring is 1. The molecule has 1 aromatic rings. The summed E-state index contributed by atoms with van der Waals surface area (Å²) in [6.07, 6.45) is 2.61. The fourth-order valence-corrected chi connectivity index (χ4v) is 3.77. The summed E-state index contributed by atoms with van der Waals surface area (Å²) in [5.74, 6) is 0.273. The molecule has 1 aromatic heterocycles. The van der Waals surface area contributed by atoms with Crippen LogP contribution in [0.15, 0.2) is 0 Å². The van der Waals surface area contributed by atoms with Gasteiger partial charge >= 0.3 is 0 Å². The molecule has 110 valence electrons. The van der Waals surface area contributed by atoms with Crippen LogP contribution in [0.2, 0.25) is 0 Å². The van der Waals surface area contributed by atoms with Gasteiger partial charge in [0.15, 0.2) is 15.5 Å². The summed E-state index contributed by atoms with van der Waals surface area (Å²) >= 11 is 0. The molecular formula is C12H18N4O3S. The Hall–Kier alpha value is -1.57. The van der Waals surface area contributed by atoms with Crippen LogP contribution in [0.4, 0.5) is 5.69 Å². The summed E-state index contributed by atoms with van der Waals surface area (Å²) in [7, 11) is -3.03. The average molecular weight is 298 g/mol. The number of aromatic amines is 1. The van der Waals surface area contributed by atoms with Crippen molar-refractivity contribution in [1.82, 2.24) is 15.1 Å². The molecule has 1 aliphatic heterocycles. The molecule has 0 atom stereocenters. The quantitative estimate of drug-likeness (QED) is 0.806. The van der Waals surface area contributed by atoms with E-state index in [1.54, 1.807) is 0 Å². The van der Waals surface area contributed by atoms with Gasteiger partial charge < -0.3 is 10.6 Å². The predicted octanol–water partition coefficient (Wildman–Crippen LogP) is 0.130. The number of hydrogen-bond donors (Lipinski definition) is 2. The van der Waals surface area contributed by atoms with E-state index in [0.717, 1.165) is 18.5 Å². The van der Waals surface area contributed by atoms with Gasteiger partial charge in [-0.15, -0.1) is 0 Å². The molecule has 2 aliphatic rings. The molecule has 1 aliphatic carbocycles. The van der Waals surface area contributed by atoms with Gasteiger partial charge in [0.1, 0.15) is 0 Å². The van der Waals surface area contributed by atoms with E-state index in [9.17, 15) is 13.2 Å². The molecule has 0 unspecified atom stereocenters. The zero-order chi connectivity index (χ0) is 14.3. The Morgan fingerprint density at radius 1 is 1.30 bits per heavy atom. The standard InChI is InChI=1S/C12H18N4O3S/c13-9-10(8-2-3-8)14-15-11(9)12(17)16-4-1-6-20(18,19)7-5-16/h8H,1-7,13H2,(H,14,15). The van der Waals surface area contributed by atoms with Gasteiger partial charge in [0, 0.05) is 19.0 Å². The number of H-pyrrole nitrogens is 1. The van der Waals surface area contributed by atoms with Crippen LogP contribution < -0.4 is 5.73 Å². The lowest BCUT2D eigenvalue weighted by atomic mass is 10.2. The van der Waals surface area contributed by atoms with E-state index in [1.165, 1.54) is 4.90 Å². The molecule has 0 aromatic carbocycles. The second-order valence-electron chi connectivity index (χ2n) is 5.47. The molecular weight excluding hydrogens is 280 g/mol. The summed E-state index contributed by atoms with van der Waals surface area (Å²) in [5, 5.41) is 6.88. The van der Waals surface area contributed by atoms with E-state index in [-0.39, 0.29) is 29.7 Å². The van der Waals surface area contributed by atoms with E-state index in [2.05, 4.69) is 10.2 Å². The Morgan fingerprint density at radius 2 is 2.05 bits per heavy atom. The maximum Gasteiger partial charge on any atom is 0.276 e. The monoisotopic (exact) mass is 298 g/mol. The lowest BCUT2D eigenvalue weighted by Gasteiger charge is -2.18. The van der Waals surface area contributed by atoms with Crippen molar-refractivity contribution in [3.8, 4) is 0 Å². The van der Waals surface area contributed by atoms with E-state index < -0.39 is 9.84 Å². The lowest BCUT2D eigenvalue weighted by molar-refractivity contribution is 0.0763. The summed E-state index contributed by atoms with van der Waals surface area (Å²) in [5.41, 5.74) is 7.48. The smallest absolute Gasteiger partial charge is 0.276 e. The van der Waals surface area contributed by atoms with Crippen molar-refractivity contribution in [1.29, 1.82) is 0 Å². The molecule has 0 bridgehead atoms. The Kier molecular flexibility index (Phi) is 3.19. The largest absolute Gasteiger partial charge is 0.395 e. The summed E-state index contributed by atoms with van der Waals surface area (Å²) in [6, 6.07) is 0. The van der Waals surface area contributed by atoms with Crippen LogP contribution in [0.25, 0.3) is 0 Å². The van der Waals surface area contributed by atoms with Gasteiger partial charge in [-0.1, -0.05) is 0 Å². The number of rotatable bonds is 2. The van der Waals surface area contributed by atoms with Gasteiger partial charge in [-0.3, -0.25) is 9.89 Å². The minimum absolute atomic E-state index is 0.0125. The summed E-state index contributed by atoms with van der Waals surface area (Å²) in [4.78, 5) is 13.9. The van der Waals surface area contributed by atoms with Crippen molar-refractivity contribution in [2.24, 2.45) is 0 Å². The van der Waals surface area contributed by atoms with Crippen molar-refractivity contribution in [2.45, 2.75) is 25.2 Å². The highest BCUT2D eigenvalue weighted by Crippen LogP contribution is 2.42. The number of nitrogens with zero attached hydrogens (tertiary/aromatic N) is 2. The maximum atomic E-state index is 12.4. The highest BCUT2D eigenvalue weighted by Gasteiger charge is 2.32. The topological polar surface area (TPSA) is 109 Å². The van der Waals surface area contributed by atoms with Gasteiger partial charge in [-0.25, -0.2) is 8.42 Å². The minimum atomic E-state index is -3.03. The van der Waals surface area contributed by atoms with Crippen molar-refractivity contribution in [3.63, 3.8) is 0 Å². The minimum Gasteiger partial charge on any atom is -0.395 e. The van der Waals surface area contributed by atoms with E-state index in [1.807, 2.05) is 0 Å². The highest BCUT2D eigenvalue weighted by molar-refractivity contribution is 7.91. The fourth-order valence-electron chi connectivity index (χ4n) is 2.50. The van der Waals surface area contributed by atoms with Crippen LogP contribution in [0.1, 0.15) is 41.4 Å². The summed E-state index contributed by atoms with van der Waals surface area (Å²) < 4.78 is 23.1. The van der Waals surface area contributed by atoms with Gasteiger partial charge in [0.05, 0.1) is 22.9 Å². The number of sulfone groups is 1. The predicted molar refractivity (Wildman–Crippen MR) is 74.1 cm³/mol. The Balaban J connectivity index is 1.78. The number of nitrogens with two attached hydrogens (primary N) is 1. The number of hydrogen-bond acceptors (Lipinski definition) is 5. The van der Waals surface area contributed by atoms with E-state index in [4.69, 9.17) is 5.73 Å². The van der Waals surface area contributed by atoms with Crippen LogP contribution >= 0.6 is 0 Å². The molecule has 8 heteroatoms. The number of amides is 1. The molecule has 3 N–H and O–H groups in total. The number of anilines is 1. The first-order valence-corrected chi connectivity index (χ1v) is 8.63. The SMILES string of the molecule is Nc1c(C(=O)N2CCCS(=O)(=O)CC2)n[nH]c1C1CC1. The Morgan fingerprint density at radius 3 is 2.75 bits per heavy atom. The molecule has 0 spiro atoms. The third-order valence-corrected chi connectivity index (χ3v) is 5.58. The van der Waals surface area contributed by atoms with Crippen LogP contribution in [-0.2, 0) is 9.84 Å². The first-order valence-electron chi connectivity index (χ1n) is 6.81. The molecule has 2 heterocycles. The average Bonchev–Trinajstić information content (AvgIpc) is 3.17. The van der Waals surface area contributed by atoms with E-state index in [0.29, 0.717) is 24.6 Å². The molecule has 1 saturated heterocycles. The van der Waals surface area contributed by atoms with E-state index >= 15 is 0 Å². The number of aromatic nitrogens is 2. The Bertz CT molecular complexity index is 633. The fraction of sp³-hybridized carbons (Fsp3) is 0.667. The van der Waals surface area contributed by atoms with Crippen molar-refractivity contribution < 1.29 is 13.2 Å². The third-order valence-electron chi connectivity index (χ3n) is 3.86. The van der Waals surface area contributed by atoms with Gasteiger partial charge in [-0.2, -0.15) is 5.10 Å². The van der Waals surface area contributed by atoms with Crippen molar-refractivity contribution in [3.05, 3.63) is 11.4 Å². The molecule has 20 heavy (non-hydrogen) atoms. The maximum absolute atomic E-state index is 12.4. The molecule has 7 nitrogen and oxygen atoms in total. The highest BCUT2D eigenvalue weighted by atomic mass is 32.2. The van der Waals surface area contributed by atoms with Gasteiger partial charge in [-0.05, 0) is 19.3 Å². The molecule has 3 rings (SSSR count). The second kappa shape index (κ2) is 4.76. The molecule has 1 saturated carbocycles. The zero-order valence-corrected chi connectivity index (χ0v) is 11.9. The first-order chi connectivity index (χ1) is 9.48. The molecule has 1 amide bonds. The number of carbonyl (C=O) groups excluding carboxylic acids is 1. The number of nitrogens with one attached hydrogen (secondary N) is 1. The lowest BCUT2D eigenvalue weighted by Crippen LogP contribution is -2.34. The van der Waals surface area contributed by atoms with Crippen LogP contribution in [0, 0.1) is 0 Å². The zero-order valence-electron chi connectivity index (χ0n) is 11.1. The van der Waals surface area contributed by atoms with Crippen LogP contribution in [-0.4, -0.2) is 54.0 Å². The molecule has 2 fully saturated rings. The van der Waals surface area contributed by atoms with Crippen molar-refractivity contribution >= 4 is 21.4 Å². The second-order valence-corrected chi connectivity index (χ2v) is 7.78. The van der Waals surface area contributed by atoms with Crippen LogP contribution in [0.5, 0.6) is 0 Å². The third kappa shape index (κ3) is 2.52. The first kappa shape index (κ1) is 13.4. The van der Waals surface area contributed by atoms with Gasteiger partial charge in [0.2, 0.25) is 0 Å². The normalized spacial score (nSPS) is 22.5. The van der Waals surface area contributed by atoms with Crippen molar-refractivity contribution in [2.75, 3.05) is 30.3 Å². The van der Waals surface area contributed by atoms with Gasteiger partial charge in [0.25, 0.3) is 5.91 Å². The Labute approximate surface area is 117 Å². The summed E-state index contributed by atoms with van der Waals surface area (Å²) in [6.45, 7) is 0.648. The van der Waals surface area contributed by atoms with Crippen LogP contribution in [0.3, 0.4) is 0 Å². The molecule has 0 radical (unpaired) electrons. The number of carbonyl (C=O) groups is 1.